The average molecular weight is 298 g/mol. The van der Waals surface area contributed by atoms with E-state index in [-0.39, 0.29) is 11.8 Å². The Labute approximate surface area is 128 Å². The van der Waals surface area contributed by atoms with E-state index in [0.29, 0.717) is 18.5 Å². The molecule has 0 bridgehead atoms. The van der Waals surface area contributed by atoms with Crippen molar-refractivity contribution in [1.82, 2.24) is 9.78 Å². The Hall–Kier alpha value is -2.63. The van der Waals surface area contributed by atoms with Crippen molar-refractivity contribution in [2.75, 3.05) is 16.8 Å². The van der Waals surface area contributed by atoms with Gasteiger partial charge in [0.2, 0.25) is 11.8 Å². The van der Waals surface area contributed by atoms with Gasteiger partial charge in [0.05, 0.1) is 18.3 Å². The molecule has 1 fully saturated rings. The molecule has 2 amide bonds. The van der Waals surface area contributed by atoms with Gasteiger partial charge >= 0.3 is 0 Å². The number of hydrogen-bond donors (Lipinski definition) is 1. The Kier molecular flexibility index (Phi) is 3.91. The van der Waals surface area contributed by atoms with Crippen LogP contribution in [0.25, 0.3) is 0 Å². The quantitative estimate of drug-likeness (QED) is 0.934. The van der Waals surface area contributed by atoms with E-state index in [1.807, 2.05) is 24.3 Å². The Morgan fingerprint density at radius 2 is 2.09 bits per heavy atom. The number of anilines is 2. The fraction of sp³-hybridized carbons (Fsp3) is 0.312. The van der Waals surface area contributed by atoms with E-state index in [2.05, 4.69) is 10.4 Å². The van der Waals surface area contributed by atoms with Crippen LogP contribution >= 0.6 is 0 Å². The molecule has 0 saturated carbocycles. The zero-order valence-corrected chi connectivity index (χ0v) is 12.5. The van der Waals surface area contributed by atoms with Crippen molar-refractivity contribution in [1.29, 1.82) is 0 Å². The maximum Gasteiger partial charge on any atom is 0.228 e. The van der Waals surface area contributed by atoms with Crippen molar-refractivity contribution in [2.24, 2.45) is 7.05 Å². The van der Waals surface area contributed by atoms with Crippen LogP contribution in [0.15, 0.2) is 36.7 Å². The second-order valence-electron chi connectivity index (χ2n) is 5.44. The SMILES string of the molecule is Cn1cc(NC(=O)Cc2ccc(N3CCCC3=O)cc2)cn1. The van der Waals surface area contributed by atoms with E-state index >= 15 is 0 Å². The minimum Gasteiger partial charge on any atom is -0.323 e. The molecule has 22 heavy (non-hydrogen) atoms. The monoisotopic (exact) mass is 298 g/mol. The maximum atomic E-state index is 12.0. The number of benzene rings is 1. The van der Waals surface area contributed by atoms with Crippen molar-refractivity contribution < 1.29 is 9.59 Å². The molecule has 3 rings (SSSR count). The number of nitrogens with zero attached hydrogens (tertiary/aromatic N) is 3. The summed E-state index contributed by atoms with van der Waals surface area (Å²) in [6, 6.07) is 7.58. The second-order valence-corrected chi connectivity index (χ2v) is 5.44. The normalized spacial score (nSPS) is 14.4. The summed E-state index contributed by atoms with van der Waals surface area (Å²) >= 11 is 0. The standard InChI is InChI=1S/C16H18N4O2/c1-19-11-13(10-17-19)18-15(21)9-12-4-6-14(7-5-12)20-8-2-3-16(20)22/h4-7,10-11H,2-3,8-9H2,1H3,(H,18,21). The van der Waals surface area contributed by atoms with Crippen LogP contribution in [0.1, 0.15) is 18.4 Å². The van der Waals surface area contributed by atoms with E-state index in [4.69, 9.17) is 0 Å². The van der Waals surface area contributed by atoms with Crippen LogP contribution in [0.5, 0.6) is 0 Å². The third-order valence-corrected chi connectivity index (χ3v) is 3.67. The molecule has 6 nitrogen and oxygen atoms in total. The van der Waals surface area contributed by atoms with Crippen LogP contribution in [-0.2, 0) is 23.1 Å². The smallest absolute Gasteiger partial charge is 0.228 e. The number of amides is 2. The first-order valence-corrected chi connectivity index (χ1v) is 7.29. The van der Waals surface area contributed by atoms with Crippen molar-refractivity contribution >= 4 is 23.2 Å². The molecule has 0 aliphatic carbocycles. The fourth-order valence-electron chi connectivity index (χ4n) is 2.59. The summed E-state index contributed by atoms with van der Waals surface area (Å²) < 4.78 is 1.64. The van der Waals surface area contributed by atoms with Crippen LogP contribution in [0.3, 0.4) is 0 Å². The number of rotatable bonds is 4. The lowest BCUT2D eigenvalue weighted by Gasteiger charge is -2.15. The highest BCUT2D eigenvalue weighted by molar-refractivity contribution is 5.95. The van der Waals surface area contributed by atoms with Crippen molar-refractivity contribution in [3.8, 4) is 0 Å². The predicted octanol–water partition coefficient (Wildman–Crippen LogP) is 1.73. The van der Waals surface area contributed by atoms with E-state index in [1.54, 1.807) is 29.0 Å². The molecule has 0 atom stereocenters. The molecule has 1 aromatic heterocycles. The van der Waals surface area contributed by atoms with Gasteiger partial charge in [-0.15, -0.1) is 0 Å². The lowest BCUT2D eigenvalue weighted by Crippen LogP contribution is -2.23. The van der Waals surface area contributed by atoms with Gasteiger partial charge in [0.1, 0.15) is 0 Å². The highest BCUT2D eigenvalue weighted by Gasteiger charge is 2.21. The summed E-state index contributed by atoms with van der Waals surface area (Å²) in [4.78, 5) is 25.5. The van der Waals surface area contributed by atoms with Gasteiger partial charge in [-0.3, -0.25) is 14.3 Å². The van der Waals surface area contributed by atoms with Gasteiger partial charge in [0.25, 0.3) is 0 Å². The Balaban J connectivity index is 1.61. The molecule has 1 aliphatic heterocycles. The van der Waals surface area contributed by atoms with Gasteiger partial charge in [0, 0.05) is 31.9 Å². The zero-order valence-electron chi connectivity index (χ0n) is 12.5. The van der Waals surface area contributed by atoms with Crippen LogP contribution in [0.2, 0.25) is 0 Å². The minimum atomic E-state index is -0.0852. The molecule has 1 saturated heterocycles. The Bertz CT molecular complexity index is 690. The fourth-order valence-corrected chi connectivity index (χ4v) is 2.59. The van der Waals surface area contributed by atoms with Crippen LogP contribution in [-0.4, -0.2) is 28.1 Å². The summed E-state index contributed by atoms with van der Waals surface area (Å²) in [5.74, 6) is 0.0834. The molecule has 1 aliphatic rings. The summed E-state index contributed by atoms with van der Waals surface area (Å²) in [6.07, 6.45) is 5.19. The molecular weight excluding hydrogens is 280 g/mol. The molecule has 1 aromatic carbocycles. The zero-order chi connectivity index (χ0) is 15.5. The van der Waals surface area contributed by atoms with Crippen LogP contribution in [0, 0.1) is 0 Å². The topological polar surface area (TPSA) is 67.2 Å². The number of aryl methyl sites for hydroxylation is 1. The summed E-state index contributed by atoms with van der Waals surface area (Å²) in [6.45, 7) is 0.777. The minimum absolute atomic E-state index is 0.0852. The Morgan fingerprint density at radius 3 is 2.68 bits per heavy atom. The summed E-state index contributed by atoms with van der Waals surface area (Å²) in [7, 11) is 1.80. The van der Waals surface area contributed by atoms with Crippen LogP contribution < -0.4 is 10.2 Å². The molecule has 0 radical (unpaired) electrons. The maximum absolute atomic E-state index is 12.0. The van der Waals surface area contributed by atoms with Gasteiger partial charge in [-0.1, -0.05) is 12.1 Å². The highest BCUT2D eigenvalue weighted by atomic mass is 16.2. The number of hydrogen-bond acceptors (Lipinski definition) is 3. The van der Waals surface area contributed by atoms with Gasteiger partial charge in [0.15, 0.2) is 0 Å². The molecule has 1 N–H and O–H groups in total. The van der Waals surface area contributed by atoms with E-state index in [1.165, 1.54) is 0 Å². The third-order valence-electron chi connectivity index (χ3n) is 3.67. The van der Waals surface area contributed by atoms with Gasteiger partial charge < -0.3 is 10.2 Å². The summed E-state index contributed by atoms with van der Waals surface area (Å²) in [5.41, 5.74) is 2.50. The average Bonchev–Trinajstić information content (AvgIpc) is 3.08. The molecule has 114 valence electrons. The first kappa shape index (κ1) is 14.3. The van der Waals surface area contributed by atoms with Gasteiger partial charge in [-0.05, 0) is 24.1 Å². The molecule has 0 spiro atoms. The first-order chi connectivity index (χ1) is 10.6. The van der Waals surface area contributed by atoms with Gasteiger partial charge in [-0.2, -0.15) is 5.10 Å². The van der Waals surface area contributed by atoms with E-state index in [0.717, 1.165) is 24.2 Å². The van der Waals surface area contributed by atoms with Gasteiger partial charge in [-0.25, -0.2) is 0 Å². The number of aromatic nitrogens is 2. The van der Waals surface area contributed by atoms with Crippen molar-refractivity contribution in [3.05, 3.63) is 42.2 Å². The molecule has 2 heterocycles. The number of carbonyl (C=O) groups is 2. The lowest BCUT2D eigenvalue weighted by atomic mass is 10.1. The summed E-state index contributed by atoms with van der Waals surface area (Å²) in [5, 5.41) is 6.81. The lowest BCUT2D eigenvalue weighted by molar-refractivity contribution is -0.117. The Morgan fingerprint density at radius 1 is 1.32 bits per heavy atom. The largest absolute Gasteiger partial charge is 0.323 e. The predicted molar refractivity (Wildman–Crippen MR) is 83.6 cm³/mol. The molecule has 2 aromatic rings. The highest BCUT2D eigenvalue weighted by Crippen LogP contribution is 2.21. The van der Waals surface area contributed by atoms with E-state index in [9.17, 15) is 9.59 Å². The van der Waals surface area contributed by atoms with Crippen molar-refractivity contribution in [3.63, 3.8) is 0 Å². The van der Waals surface area contributed by atoms with Crippen molar-refractivity contribution in [2.45, 2.75) is 19.3 Å². The van der Waals surface area contributed by atoms with E-state index < -0.39 is 0 Å². The molecule has 6 heteroatoms. The number of carbonyl (C=O) groups excluding carboxylic acids is 2. The first-order valence-electron chi connectivity index (χ1n) is 7.29. The third kappa shape index (κ3) is 3.16. The number of nitrogens with one attached hydrogen (secondary N) is 1. The van der Waals surface area contributed by atoms with Crippen LogP contribution in [0.4, 0.5) is 11.4 Å². The molecule has 0 unspecified atom stereocenters. The second kappa shape index (κ2) is 6.01. The molecular formula is C16H18N4O2.